The highest BCUT2D eigenvalue weighted by molar-refractivity contribution is 5.81. The summed E-state index contributed by atoms with van der Waals surface area (Å²) in [6, 6.07) is 0. The highest BCUT2D eigenvalue weighted by atomic mass is 16.6. The molecular weight excluding hydrogens is 204 g/mol. The molecule has 0 amide bonds. The Kier molecular flexibility index (Phi) is 2.42. The van der Waals surface area contributed by atoms with E-state index in [1.54, 1.807) is 0 Å². The van der Waals surface area contributed by atoms with Gasteiger partial charge in [0.2, 0.25) is 0 Å². The van der Waals surface area contributed by atoms with E-state index in [-0.39, 0.29) is 23.4 Å². The average molecular weight is 224 g/mol. The lowest BCUT2D eigenvalue weighted by atomic mass is 9.42. The normalized spacial score (nSPS) is 44.4. The topological polar surface area (TPSA) is 46.5 Å². The molecule has 1 N–H and O–H groups in total. The predicted octanol–water partition coefficient (Wildman–Crippen LogP) is 1.90. The van der Waals surface area contributed by atoms with Gasteiger partial charge in [0.05, 0.1) is 6.10 Å². The number of ether oxygens (including phenoxy) is 1. The van der Waals surface area contributed by atoms with Gasteiger partial charge in [-0.05, 0) is 18.8 Å². The molecule has 4 unspecified atom stereocenters. The maximum atomic E-state index is 11.4. The Morgan fingerprint density at radius 1 is 1.56 bits per heavy atom. The molecule has 0 spiro atoms. The smallest absolute Gasteiger partial charge is 0.330 e. The molecule has 3 aliphatic carbocycles. The van der Waals surface area contributed by atoms with Gasteiger partial charge in [-0.15, -0.1) is 0 Å². The zero-order valence-corrected chi connectivity index (χ0v) is 10.2. The van der Waals surface area contributed by atoms with E-state index in [1.807, 2.05) is 6.92 Å². The van der Waals surface area contributed by atoms with Crippen molar-refractivity contribution in [3.63, 3.8) is 0 Å². The van der Waals surface area contributed by atoms with Crippen molar-refractivity contribution in [1.29, 1.82) is 0 Å². The maximum Gasteiger partial charge on any atom is 0.330 e. The Hall–Kier alpha value is -0.830. The van der Waals surface area contributed by atoms with Crippen LogP contribution in [0.3, 0.4) is 0 Å². The highest BCUT2D eigenvalue weighted by Crippen LogP contribution is 2.65. The molecule has 0 heterocycles. The lowest BCUT2D eigenvalue weighted by Crippen LogP contribution is -2.72. The van der Waals surface area contributed by atoms with E-state index in [4.69, 9.17) is 4.74 Å². The Morgan fingerprint density at radius 3 is 2.69 bits per heavy atom. The zero-order chi connectivity index (χ0) is 12.1. The van der Waals surface area contributed by atoms with Crippen LogP contribution >= 0.6 is 0 Å². The molecule has 0 aromatic rings. The Morgan fingerprint density at radius 2 is 2.19 bits per heavy atom. The predicted molar refractivity (Wildman–Crippen MR) is 60.7 cm³/mol. The number of carbonyl (C=O) groups is 1. The van der Waals surface area contributed by atoms with Gasteiger partial charge in [0, 0.05) is 17.4 Å². The molecule has 0 aromatic carbocycles. The molecule has 3 saturated carbocycles. The third kappa shape index (κ3) is 1.21. The van der Waals surface area contributed by atoms with Crippen LogP contribution in [0.2, 0.25) is 0 Å². The number of rotatable bonds is 2. The van der Waals surface area contributed by atoms with Crippen molar-refractivity contribution in [2.75, 3.05) is 0 Å². The number of hydrogen-bond donors (Lipinski definition) is 1. The molecule has 0 aliphatic heterocycles. The molecule has 3 heteroatoms. The minimum atomic E-state index is -0.499. The number of esters is 1. The van der Waals surface area contributed by atoms with Crippen LogP contribution in [-0.2, 0) is 9.53 Å². The second-order valence-electron chi connectivity index (χ2n) is 5.73. The standard InChI is InChI=1S/C13H20O3/c1-5-11(15)16-13-7-9(12(13,3)4)6-10(14)8(13)2/h5,8-10,14H,1,6-7H2,2-4H3. The van der Waals surface area contributed by atoms with Crippen LogP contribution in [0.25, 0.3) is 0 Å². The van der Waals surface area contributed by atoms with Gasteiger partial charge in [-0.25, -0.2) is 4.79 Å². The van der Waals surface area contributed by atoms with Gasteiger partial charge in [-0.2, -0.15) is 0 Å². The monoisotopic (exact) mass is 224 g/mol. The van der Waals surface area contributed by atoms with Crippen molar-refractivity contribution in [3.8, 4) is 0 Å². The van der Waals surface area contributed by atoms with Gasteiger partial charge >= 0.3 is 5.97 Å². The van der Waals surface area contributed by atoms with E-state index in [2.05, 4.69) is 20.4 Å². The number of hydrogen-bond acceptors (Lipinski definition) is 3. The Bertz CT molecular complexity index is 334. The van der Waals surface area contributed by atoms with Crippen LogP contribution in [0.4, 0.5) is 0 Å². The van der Waals surface area contributed by atoms with E-state index in [0.29, 0.717) is 5.92 Å². The minimum absolute atomic E-state index is 0.00333. The molecule has 2 bridgehead atoms. The van der Waals surface area contributed by atoms with Crippen molar-refractivity contribution in [2.45, 2.75) is 45.3 Å². The molecule has 3 nitrogen and oxygen atoms in total. The largest absolute Gasteiger partial charge is 0.455 e. The first kappa shape index (κ1) is 11.6. The third-order valence-electron chi connectivity index (χ3n) is 4.95. The van der Waals surface area contributed by atoms with Crippen LogP contribution in [0.15, 0.2) is 12.7 Å². The molecule has 3 fully saturated rings. The van der Waals surface area contributed by atoms with E-state index in [1.165, 1.54) is 6.08 Å². The number of aliphatic hydroxyl groups excluding tert-OH is 1. The summed E-state index contributed by atoms with van der Waals surface area (Å²) in [5.41, 5.74) is -0.537. The van der Waals surface area contributed by atoms with E-state index in [0.717, 1.165) is 12.8 Å². The minimum Gasteiger partial charge on any atom is -0.455 e. The molecule has 16 heavy (non-hydrogen) atoms. The van der Waals surface area contributed by atoms with Gasteiger partial charge in [0.1, 0.15) is 5.60 Å². The van der Waals surface area contributed by atoms with Crippen molar-refractivity contribution in [1.82, 2.24) is 0 Å². The summed E-state index contributed by atoms with van der Waals surface area (Å²) < 4.78 is 5.57. The summed E-state index contributed by atoms with van der Waals surface area (Å²) >= 11 is 0. The maximum absolute atomic E-state index is 11.4. The first-order chi connectivity index (χ1) is 7.35. The molecule has 3 rings (SSSR count). The van der Waals surface area contributed by atoms with E-state index < -0.39 is 5.60 Å². The van der Waals surface area contributed by atoms with Gasteiger partial charge in [0.15, 0.2) is 0 Å². The van der Waals surface area contributed by atoms with Crippen molar-refractivity contribution in [3.05, 3.63) is 12.7 Å². The summed E-state index contributed by atoms with van der Waals surface area (Å²) in [4.78, 5) is 11.4. The second-order valence-corrected chi connectivity index (χ2v) is 5.73. The van der Waals surface area contributed by atoms with Gasteiger partial charge < -0.3 is 9.84 Å². The molecule has 0 aromatic heterocycles. The summed E-state index contributed by atoms with van der Waals surface area (Å²) in [6.07, 6.45) is 2.54. The fourth-order valence-corrected chi connectivity index (χ4v) is 3.54. The lowest BCUT2D eigenvalue weighted by Gasteiger charge is -2.67. The Balaban J connectivity index is 2.28. The van der Waals surface area contributed by atoms with Crippen LogP contribution in [0.5, 0.6) is 0 Å². The van der Waals surface area contributed by atoms with Gasteiger partial charge in [-0.3, -0.25) is 0 Å². The van der Waals surface area contributed by atoms with Crippen LogP contribution in [-0.4, -0.2) is 22.8 Å². The number of carbonyl (C=O) groups excluding carboxylic acids is 1. The second kappa shape index (κ2) is 3.33. The van der Waals surface area contributed by atoms with Gasteiger partial charge in [0.25, 0.3) is 0 Å². The molecule has 90 valence electrons. The first-order valence-corrected chi connectivity index (χ1v) is 5.88. The van der Waals surface area contributed by atoms with Gasteiger partial charge in [-0.1, -0.05) is 27.4 Å². The quantitative estimate of drug-likeness (QED) is 0.575. The zero-order valence-electron chi connectivity index (χ0n) is 10.2. The Labute approximate surface area is 96.5 Å². The molecule has 0 saturated heterocycles. The van der Waals surface area contributed by atoms with Crippen molar-refractivity contribution >= 4 is 5.97 Å². The molecule has 0 radical (unpaired) electrons. The first-order valence-electron chi connectivity index (χ1n) is 5.88. The molecule has 4 atom stereocenters. The summed E-state index contributed by atoms with van der Waals surface area (Å²) in [7, 11) is 0. The average Bonchev–Trinajstić information content (AvgIpc) is 2.23. The molecular formula is C13H20O3. The van der Waals surface area contributed by atoms with E-state index in [9.17, 15) is 9.90 Å². The van der Waals surface area contributed by atoms with Crippen LogP contribution in [0.1, 0.15) is 33.6 Å². The fraction of sp³-hybridized carbons (Fsp3) is 0.769. The van der Waals surface area contributed by atoms with Crippen molar-refractivity contribution in [2.24, 2.45) is 17.3 Å². The number of fused-ring (bicyclic) bond motifs is 2. The highest BCUT2D eigenvalue weighted by Gasteiger charge is 2.69. The van der Waals surface area contributed by atoms with E-state index >= 15 is 0 Å². The van der Waals surface area contributed by atoms with Crippen LogP contribution in [0, 0.1) is 17.3 Å². The van der Waals surface area contributed by atoms with Crippen LogP contribution < -0.4 is 0 Å². The summed E-state index contributed by atoms with van der Waals surface area (Å²) in [5.74, 6) is 0.0696. The summed E-state index contributed by atoms with van der Waals surface area (Å²) in [6.45, 7) is 9.65. The SMILES string of the molecule is C=CC(=O)OC12CC(CC(O)C1C)C2(C)C. The molecule has 3 aliphatic rings. The van der Waals surface area contributed by atoms with Crippen molar-refractivity contribution < 1.29 is 14.6 Å². The fourth-order valence-electron chi connectivity index (χ4n) is 3.54. The lowest BCUT2D eigenvalue weighted by molar-refractivity contribution is -0.286. The number of aliphatic hydroxyl groups is 1. The third-order valence-corrected chi connectivity index (χ3v) is 4.95. The summed E-state index contributed by atoms with van der Waals surface area (Å²) in [5, 5.41) is 9.94.